The Morgan fingerprint density at radius 3 is 2.76 bits per heavy atom. The molecule has 0 aliphatic carbocycles. The van der Waals surface area contributed by atoms with Crippen molar-refractivity contribution in [3.8, 4) is 0 Å². The van der Waals surface area contributed by atoms with Crippen LogP contribution in [0, 0.1) is 0 Å². The fourth-order valence-corrected chi connectivity index (χ4v) is 2.72. The summed E-state index contributed by atoms with van der Waals surface area (Å²) in [5.74, 6) is 0. The highest BCUT2D eigenvalue weighted by molar-refractivity contribution is 7.10. The average Bonchev–Trinajstić information content (AvgIpc) is 2.76. The van der Waals surface area contributed by atoms with Gasteiger partial charge in [-0.3, -0.25) is 0 Å². The fourth-order valence-electron chi connectivity index (χ4n) is 1.89. The number of thiophene rings is 1. The van der Waals surface area contributed by atoms with Crippen molar-refractivity contribution in [2.24, 2.45) is 0 Å². The SMILES string of the molecule is CCCC(NCC(O)CN(C)C)c1cccs1. The molecule has 0 amide bonds. The molecule has 17 heavy (non-hydrogen) atoms. The molecular weight excluding hydrogens is 232 g/mol. The lowest BCUT2D eigenvalue weighted by atomic mass is 10.1. The molecular formula is C13H24N2OS. The number of rotatable bonds is 8. The third kappa shape index (κ3) is 5.64. The van der Waals surface area contributed by atoms with E-state index in [-0.39, 0.29) is 6.10 Å². The standard InChI is InChI=1S/C13H24N2OS/c1-4-6-12(13-7-5-8-17-13)14-9-11(16)10-15(2)3/h5,7-8,11-12,14,16H,4,6,9-10H2,1-3H3. The van der Waals surface area contributed by atoms with Gasteiger partial charge >= 0.3 is 0 Å². The van der Waals surface area contributed by atoms with Gasteiger partial charge in [0.1, 0.15) is 0 Å². The van der Waals surface area contributed by atoms with E-state index in [0.29, 0.717) is 19.1 Å². The average molecular weight is 256 g/mol. The lowest BCUT2D eigenvalue weighted by Crippen LogP contribution is -2.36. The molecule has 2 atom stereocenters. The third-order valence-corrected chi connectivity index (χ3v) is 3.63. The summed E-state index contributed by atoms with van der Waals surface area (Å²) in [5, 5.41) is 15.4. The molecule has 2 unspecified atom stereocenters. The molecule has 1 aromatic heterocycles. The number of hydrogen-bond donors (Lipinski definition) is 2. The molecule has 3 nitrogen and oxygen atoms in total. The van der Waals surface area contributed by atoms with Gasteiger partial charge in [-0.05, 0) is 32.0 Å². The van der Waals surface area contributed by atoms with Crippen molar-refractivity contribution >= 4 is 11.3 Å². The summed E-state index contributed by atoms with van der Waals surface area (Å²) in [6.07, 6.45) is 1.97. The zero-order chi connectivity index (χ0) is 12.7. The quantitative estimate of drug-likeness (QED) is 0.748. The van der Waals surface area contributed by atoms with Gasteiger partial charge in [0.2, 0.25) is 0 Å². The molecule has 1 aromatic rings. The minimum atomic E-state index is -0.302. The van der Waals surface area contributed by atoms with Crippen LogP contribution in [0.15, 0.2) is 17.5 Å². The summed E-state index contributed by atoms with van der Waals surface area (Å²) < 4.78 is 0. The normalized spacial score (nSPS) is 15.1. The Labute approximate surface area is 108 Å². The Kier molecular flexibility index (Phi) is 6.73. The molecule has 0 saturated heterocycles. The maximum atomic E-state index is 9.83. The van der Waals surface area contributed by atoms with Crippen LogP contribution in [0.1, 0.15) is 30.7 Å². The molecule has 4 heteroatoms. The highest BCUT2D eigenvalue weighted by Gasteiger charge is 2.13. The van der Waals surface area contributed by atoms with E-state index in [1.807, 2.05) is 19.0 Å². The molecule has 2 N–H and O–H groups in total. The fraction of sp³-hybridized carbons (Fsp3) is 0.692. The molecule has 0 aliphatic rings. The van der Waals surface area contributed by atoms with Crippen molar-refractivity contribution in [1.82, 2.24) is 10.2 Å². The summed E-state index contributed by atoms with van der Waals surface area (Å²) in [6, 6.07) is 4.63. The second kappa shape index (κ2) is 7.82. The molecule has 0 aliphatic heterocycles. The molecule has 98 valence electrons. The second-order valence-electron chi connectivity index (χ2n) is 4.68. The zero-order valence-electron chi connectivity index (χ0n) is 11.0. The number of aliphatic hydroxyl groups is 1. The topological polar surface area (TPSA) is 35.5 Å². The largest absolute Gasteiger partial charge is 0.390 e. The van der Waals surface area contributed by atoms with Crippen LogP contribution in [-0.4, -0.2) is 43.3 Å². The summed E-state index contributed by atoms with van der Waals surface area (Å²) in [5.41, 5.74) is 0. The summed E-state index contributed by atoms with van der Waals surface area (Å²) in [6.45, 7) is 3.55. The highest BCUT2D eigenvalue weighted by Crippen LogP contribution is 2.22. The number of likely N-dealkylation sites (N-methyl/N-ethyl adjacent to an activating group) is 1. The smallest absolute Gasteiger partial charge is 0.0791 e. The van der Waals surface area contributed by atoms with E-state index >= 15 is 0 Å². The van der Waals surface area contributed by atoms with E-state index in [4.69, 9.17) is 0 Å². The molecule has 0 aromatic carbocycles. The minimum Gasteiger partial charge on any atom is -0.390 e. The van der Waals surface area contributed by atoms with Crippen LogP contribution in [0.5, 0.6) is 0 Å². The zero-order valence-corrected chi connectivity index (χ0v) is 11.8. The van der Waals surface area contributed by atoms with Crippen molar-refractivity contribution in [1.29, 1.82) is 0 Å². The Bertz CT molecular complexity index is 288. The van der Waals surface area contributed by atoms with Crippen molar-refractivity contribution in [3.63, 3.8) is 0 Å². The van der Waals surface area contributed by atoms with E-state index in [1.54, 1.807) is 11.3 Å². The Balaban J connectivity index is 2.40. The molecule has 1 rings (SSSR count). The molecule has 0 fully saturated rings. The van der Waals surface area contributed by atoms with Crippen molar-refractivity contribution in [3.05, 3.63) is 22.4 Å². The molecule has 0 saturated carbocycles. The first-order valence-electron chi connectivity index (χ1n) is 6.23. The Hall–Kier alpha value is -0.420. The van der Waals surface area contributed by atoms with Gasteiger partial charge < -0.3 is 15.3 Å². The van der Waals surface area contributed by atoms with Crippen molar-refractivity contribution in [2.45, 2.75) is 31.9 Å². The Morgan fingerprint density at radius 1 is 1.47 bits per heavy atom. The van der Waals surface area contributed by atoms with E-state index in [9.17, 15) is 5.11 Å². The van der Waals surface area contributed by atoms with E-state index < -0.39 is 0 Å². The van der Waals surface area contributed by atoms with Crippen LogP contribution in [0.3, 0.4) is 0 Å². The van der Waals surface area contributed by atoms with Crippen LogP contribution in [0.4, 0.5) is 0 Å². The van der Waals surface area contributed by atoms with Crippen LogP contribution < -0.4 is 5.32 Å². The predicted octanol–water partition coefficient (Wildman–Crippen LogP) is 2.10. The van der Waals surface area contributed by atoms with E-state index in [0.717, 1.165) is 12.8 Å². The van der Waals surface area contributed by atoms with Gasteiger partial charge in [-0.1, -0.05) is 19.4 Å². The predicted molar refractivity (Wildman–Crippen MR) is 74.5 cm³/mol. The second-order valence-corrected chi connectivity index (χ2v) is 5.66. The monoisotopic (exact) mass is 256 g/mol. The van der Waals surface area contributed by atoms with E-state index in [1.165, 1.54) is 4.88 Å². The van der Waals surface area contributed by atoms with Gasteiger partial charge in [0.05, 0.1) is 6.10 Å². The number of nitrogens with one attached hydrogen (secondary N) is 1. The lowest BCUT2D eigenvalue weighted by molar-refractivity contribution is 0.131. The number of hydrogen-bond acceptors (Lipinski definition) is 4. The summed E-state index contributed by atoms with van der Waals surface area (Å²) >= 11 is 1.78. The van der Waals surface area contributed by atoms with E-state index in [2.05, 4.69) is 29.8 Å². The molecule has 0 radical (unpaired) electrons. The van der Waals surface area contributed by atoms with Crippen molar-refractivity contribution < 1.29 is 5.11 Å². The first kappa shape index (κ1) is 14.6. The minimum absolute atomic E-state index is 0.302. The van der Waals surface area contributed by atoms with Crippen LogP contribution in [-0.2, 0) is 0 Å². The first-order valence-corrected chi connectivity index (χ1v) is 7.11. The van der Waals surface area contributed by atoms with Crippen molar-refractivity contribution in [2.75, 3.05) is 27.2 Å². The number of nitrogens with zero attached hydrogens (tertiary/aromatic N) is 1. The molecule has 0 bridgehead atoms. The highest BCUT2D eigenvalue weighted by atomic mass is 32.1. The number of aliphatic hydroxyl groups excluding tert-OH is 1. The lowest BCUT2D eigenvalue weighted by Gasteiger charge is -2.21. The van der Waals surface area contributed by atoms with Gasteiger partial charge in [0.15, 0.2) is 0 Å². The summed E-state index contributed by atoms with van der Waals surface area (Å²) in [4.78, 5) is 3.37. The maximum Gasteiger partial charge on any atom is 0.0791 e. The van der Waals surface area contributed by atoms with Gasteiger partial charge in [0, 0.05) is 24.0 Å². The maximum absolute atomic E-state index is 9.83. The van der Waals surface area contributed by atoms with Gasteiger partial charge in [-0.15, -0.1) is 11.3 Å². The molecule has 1 heterocycles. The Morgan fingerprint density at radius 2 is 2.24 bits per heavy atom. The van der Waals surface area contributed by atoms with Crippen LogP contribution in [0.2, 0.25) is 0 Å². The molecule has 0 spiro atoms. The third-order valence-electron chi connectivity index (χ3n) is 2.64. The van der Waals surface area contributed by atoms with Crippen LogP contribution >= 0.6 is 11.3 Å². The van der Waals surface area contributed by atoms with Gasteiger partial charge in [-0.25, -0.2) is 0 Å². The van der Waals surface area contributed by atoms with Crippen LogP contribution in [0.25, 0.3) is 0 Å². The van der Waals surface area contributed by atoms with Gasteiger partial charge in [-0.2, -0.15) is 0 Å². The van der Waals surface area contributed by atoms with Gasteiger partial charge in [0.25, 0.3) is 0 Å². The summed E-state index contributed by atoms with van der Waals surface area (Å²) in [7, 11) is 3.96. The first-order chi connectivity index (χ1) is 8.13.